The largest absolute Gasteiger partial charge is 0.481 e. The van der Waals surface area contributed by atoms with Crippen molar-refractivity contribution in [3.63, 3.8) is 0 Å². The molecule has 17 heavy (non-hydrogen) atoms. The molecule has 1 heterocycles. The summed E-state index contributed by atoms with van der Waals surface area (Å²) in [5.41, 5.74) is 0. The predicted molar refractivity (Wildman–Crippen MR) is 64.7 cm³/mol. The number of aliphatic carboxylic acids is 1. The number of carbonyl (C=O) groups is 2. The minimum absolute atomic E-state index is 0.0591. The molecule has 1 saturated heterocycles. The Bertz CT molecular complexity index is 262. The van der Waals surface area contributed by atoms with E-state index < -0.39 is 5.97 Å². The van der Waals surface area contributed by atoms with E-state index in [4.69, 9.17) is 5.11 Å². The number of amides is 1. The molecule has 1 rings (SSSR count). The number of rotatable bonds is 6. The van der Waals surface area contributed by atoms with Crippen molar-refractivity contribution >= 4 is 11.9 Å². The molecular formula is C12H22N2O3. The van der Waals surface area contributed by atoms with Crippen LogP contribution in [0.25, 0.3) is 0 Å². The normalized spacial score (nSPS) is 21.8. The molecule has 5 heteroatoms. The van der Waals surface area contributed by atoms with Gasteiger partial charge in [0.25, 0.3) is 0 Å². The second-order valence-electron chi connectivity index (χ2n) is 4.74. The Labute approximate surface area is 102 Å². The van der Waals surface area contributed by atoms with Crippen LogP contribution in [-0.2, 0) is 9.59 Å². The fourth-order valence-corrected chi connectivity index (χ4v) is 2.07. The third-order valence-corrected chi connectivity index (χ3v) is 3.08. The summed E-state index contributed by atoms with van der Waals surface area (Å²) in [6.45, 7) is 3.68. The first-order valence-electron chi connectivity index (χ1n) is 6.32. The topological polar surface area (TPSA) is 78.4 Å². The van der Waals surface area contributed by atoms with E-state index in [1.54, 1.807) is 0 Å². The van der Waals surface area contributed by atoms with Crippen LogP contribution in [0, 0.1) is 5.92 Å². The van der Waals surface area contributed by atoms with Gasteiger partial charge in [-0.1, -0.05) is 0 Å². The third kappa shape index (κ3) is 5.68. The SMILES string of the molecule is CC(CCCC(=O)O)NC(=O)[C@H]1CCCNC1. The molecule has 1 aliphatic rings. The zero-order valence-corrected chi connectivity index (χ0v) is 10.4. The third-order valence-electron chi connectivity index (χ3n) is 3.08. The van der Waals surface area contributed by atoms with Gasteiger partial charge in [-0.15, -0.1) is 0 Å². The van der Waals surface area contributed by atoms with Crippen LogP contribution < -0.4 is 10.6 Å². The van der Waals surface area contributed by atoms with E-state index in [2.05, 4.69) is 10.6 Å². The second-order valence-corrected chi connectivity index (χ2v) is 4.74. The summed E-state index contributed by atoms with van der Waals surface area (Å²) in [5.74, 6) is -0.606. The predicted octanol–water partition coefficient (Wildman–Crippen LogP) is 0.746. The van der Waals surface area contributed by atoms with Crippen LogP contribution in [0.4, 0.5) is 0 Å². The van der Waals surface area contributed by atoms with Crippen molar-refractivity contribution in [3.05, 3.63) is 0 Å². The number of nitrogens with one attached hydrogen (secondary N) is 2. The molecule has 0 aromatic rings. The monoisotopic (exact) mass is 242 g/mol. The Kier molecular flexibility index (Phi) is 5.97. The summed E-state index contributed by atoms with van der Waals surface area (Å²) >= 11 is 0. The molecule has 1 aliphatic heterocycles. The molecule has 1 fully saturated rings. The summed E-state index contributed by atoms with van der Waals surface area (Å²) in [7, 11) is 0. The molecular weight excluding hydrogens is 220 g/mol. The number of carboxylic acid groups (broad SMARTS) is 1. The van der Waals surface area contributed by atoms with Gasteiger partial charge in [-0.2, -0.15) is 0 Å². The van der Waals surface area contributed by atoms with Gasteiger partial charge in [0.05, 0.1) is 5.92 Å². The Balaban J connectivity index is 2.18. The van der Waals surface area contributed by atoms with Crippen molar-refractivity contribution in [1.29, 1.82) is 0 Å². The van der Waals surface area contributed by atoms with Gasteiger partial charge in [-0.3, -0.25) is 9.59 Å². The van der Waals surface area contributed by atoms with Crippen molar-refractivity contribution in [3.8, 4) is 0 Å². The number of hydrogen-bond donors (Lipinski definition) is 3. The molecule has 0 saturated carbocycles. The highest BCUT2D eigenvalue weighted by Crippen LogP contribution is 2.10. The molecule has 1 amide bonds. The van der Waals surface area contributed by atoms with E-state index in [9.17, 15) is 9.59 Å². The Morgan fingerprint density at radius 1 is 1.53 bits per heavy atom. The Morgan fingerprint density at radius 3 is 2.88 bits per heavy atom. The van der Waals surface area contributed by atoms with E-state index in [-0.39, 0.29) is 24.3 Å². The van der Waals surface area contributed by atoms with Crippen LogP contribution in [-0.4, -0.2) is 36.1 Å². The molecule has 0 aromatic carbocycles. The quantitative estimate of drug-likeness (QED) is 0.642. The van der Waals surface area contributed by atoms with E-state index in [0.717, 1.165) is 32.4 Å². The van der Waals surface area contributed by atoms with Gasteiger partial charge in [-0.25, -0.2) is 0 Å². The number of hydrogen-bond acceptors (Lipinski definition) is 3. The first-order valence-corrected chi connectivity index (χ1v) is 6.32. The molecule has 1 unspecified atom stereocenters. The van der Waals surface area contributed by atoms with Crippen LogP contribution >= 0.6 is 0 Å². The van der Waals surface area contributed by atoms with Crippen LogP contribution in [0.15, 0.2) is 0 Å². The summed E-state index contributed by atoms with van der Waals surface area (Å²) < 4.78 is 0. The van der Waals surface area contributed by atoms with Crippen LogP contribution in [0.1, 0.15) is 39.0 Å². The molecule has 0 radical (unpaired) electrons. The summed E-state index contributed by atoms with van der Waals surface area (Å²) in [6.07, 6.45) is 3.50. The van der Waals surface area contributed by atoms with Gasteiger partial charge in [0.1, 0.15) is 0 Å². The van der Waals surface area contributed by atoms with E-state index in [1.165, 1.54) is 0 Å². The lowest BCUT2D eigenvalue weighted by atomic mass is 9.98. The average Bonchev–Trinajstić information content (AvgIpc) is 2.29. The molecule has 0 aliphatic carbocycles. The Morgan fingerprint density at radius 2 is 2.29 bits per heavy atom. The van der Waals surface area contributed by atoms with Crippen molar-refractivity contribution in [2.24, 2.45) is 5.92 Å². The molecule has 2 atom stereocenters. The zero-order valence-electron chi connectivity index (χ0n) is 10.4. The van der Waals surface area contributed by atoms with Gasteiger partial charge in [0.15, 0.2) is 0 Å². The highest BCUT2D eigenvalue weighted by Gasteiger charge is 2.21. The number of carboxylic acids is 1. The summed E-state index contributed by atoms with van der Waals surface area (Å²) in [5, 5.41) is 14.7. The molecule has 0 bridgehead atoms. The molecule has 0 spiro atoms. The van der Waals surface area contributed by atoms with Crippen LogP contribution in [0.3, 0.4) is 0 Å². The van der Waals surface area contributed by atoms with Gasteiger partial charge in [-0.05, 0) is 39.2 Å². The van der Waals surface area contributed by atoms with Crippen molar-refractivity contribution < 1.29 is 14.7 Å². The highest BCUT2D eigenvalue weighted by molar-refractivity contribution is 5.79. The minimum Gasteiger partial charge on any atom is -0.481 e. The van der Waals surface area contributed by atoms with Crippen LogP contribution in [0.5, 0.6) is 0 Å². The van der Waals surface area contributed by atoms with Gasteiger partial charge in [0.2, 0.25) is 5.91 Å². The standard InChI is InChI=1S/C12H22N2O3/c1-9(4-2-6-11(15)16)14-12(17)10-5-3-7-13-8-10/h9-10,13H,2-8H2,1H3,(H,14,17)(H,15,16)/t9?,10-/m0/s1. The van der Waals surface area contributed by atoms with Crippen LogP contribution in [0.2, 0.25) is 0 Å². The van der Waals surface area contributed by atoms with Gasteiger partial charge < -0.3 is 15.7 Å². The lowest BCUT2D eigenvalue weighted by molar-refractivity contribution is -0.137. The highest BCUT2D eigenvalue weighted by atomic mass is 16.4. The number of piperidine rings is 1. The average molecular weight is 242 g/mol. The Hall–Kier alpha value is -1.10. The van der Waals surface area contributed by atoms with Crippen molar-refractivity contribution in [2.45, 2.75) is 45.1 Å². The van der Waals surface area contributed by atoms with E-state index in [0.29, 0.717) is 6.42 Å². The lowest BCUT2D eigenvalue weighted by Crippen LogP contribution is -2.43. The maximum absolute atomic E-state index is 11.8. The molecule has 3 N–H and O–H groups in total. The number of carbonyl (C=O) groups excluding carboxylic acids is 1. The first-order chi connectivity index (χ1) is 8.09. The van der Waals surface area contributed by atoms with Crippen molar-refractivity contribution in [2.75, 3.05) is 13.1 Å². The lowest BCUT2D eigenvalue weighted by Gasteiger charge is -2.24. The smallest absolute Gasteiger partial charge is 0.303 e. The van der Waals surface area contributed by atoms with E-state index in [1.807, 2.05) is 6.92 Å². The van der Waals surface area contributed by atoms with Crippen molar-refractivity contribution in [1.82, 2.24) is 10.6 Å². The maximum atomic E-state index is 11.8. The van der Waals surface area contributed by atoms with Gasteiger partial charge >= 0.3 is 5.97 Å². The molecule has 0 aromatic heterocycles. The summed E-state index contributed by atoms with van der Waals surface area (Å²) in [6, 6.07) is 0.0591. The van der Waals surface area contributed by atoms with E-state index >= 15 is 0 Å². The van der Waals surface area contributed by atoms with Gasteiger partial charge in [0, 0.05) is 19.0 Å². The minimum atomic E-state index is -0.778. The fraction of sp³-hybridized carbons (Fsp3) is 0.833. The fourth-order valence-electron chi connectivity index (χ4n) is 2.07. The second kappa shape index (κ2) is 7.27. The molecule has 98 valence electrons. The summed E-state index contributed by atoms with van der Waals surface area (Å²) in [4.78, 5) is 22.2. The molecule has 5 nitrogen and oxygen atoms in total. The maximum Gasteiger partial charge on any atom is 0.303 e. The first kappa shape index (κ1) is 14.0. The zero-order chi connectivity index (χ0) is 12.7.